The monoisotopic (exact) mass is 415 g/mol. The van der Waals surface area contributed by atoms with Crippen LogP contribution >= 0.6 is 0 Å². The fourth-order valence-corrected chi connectivity index (χ4v) is 2.97. The molecule has 0 aromatic heterocycles. The molecule has 2 N–H and O–H groups in total. The van der Waals surface area contributed by atoms with Gasteiger partial charge in [0.25, 0.3) is 0 Å². The van der Waals surface area contributed by atoms with Gasteiger partial charge in [-0.1, -0.05) is 39.8 Å². The highest BCUT2D eigenvalue weighted by Crippen LogP contribution is 2.31. The van der Waals surface area contributed by atoms with Crippen LogP contribution in [0.4, 0.5) is 0 Å². The molecule has 0 heterocycles. The average molecular weight is 416 g/mol. The number of benzene rings is 2. The smallest absolute Gasteiger partial charge is 0.220 e. The van der Waals surface area contributed by atoms with E-state index < -0.39 is 0 Å². The normalized spacial score (nSPS) is 10.2. The number of aryl methyl sites for hydroxylation is 3. The molecule has 0 saturated carbocycles. The zero-order valence-corrected chi connectivity index (χ0v) is 19.1. The van der Waals surface area contributed by atoms with Crippen LogP contribution in [-0.2, 0) is 22.4 Å². The molecule has 0 aliphatic heterocycles. The summed E-state index contributed by atoms with van der Waals surface area (Å²) in [5.74, 6) is 1.79. The molecule has 0 aliphatic rings. The molecule has 30 heavy (non-hydrogen) atoms. The Kier molecular flexibility index (Phi) is 12.3. The highest BCUT2D eigenvalue weighted by atomic mass is 16.5. The maximum atomic E-state index is 12.0. The molecule has 0 unspecified atom stereocenters. The van der Waals surface area contributed by atoms with Gasteiger partial charge in [0.2, 0.25) is 5.91 Å². The summed E-state index contributed by atoms with van der Waals surface area (Å²) in [7, 11) is 0. The third-order valence-corrected chi connectivity index (χ3v) is 4.41. The number of rotatable bonds is 11. The van der Waals surface area contributed by atoms with E-state index in [9.17, 15) is 9.90 Å². The van der Waals surface area contributed by atoms with Crippen molar-refractivity contribution in [3.8, 4) is 17.2 Å². The van der Waals surface area contributed by atoms with Crippen molar-refractivity contribution in [3.63, 3.8) is 0 Å². The maximum absolute atomic E-state index is 12.0. The summed E-state index contributed by atoms with van der Waals surface area (Å²) in [6.45, 7) is 12.0. The van der Waals surface area contributed by atoms with Gasteiger partial charge in [-0.05, 0) is 67.1 Å². The molecule has 0 saturated heterocycles. The standard InChI is InChI=1S/C23H31NO4.C2H6/c1-4-13-27-14-12-24-22(26)11-6-18-15-17(3)23(19(5-2)16-18)28-21-9-7-20(25)8-10-21;1-2/h7-10,15-16,25H,4-6,11-14H2,1-3H3,(H,24,26);1-2H3. The van der Waals surface area contributed by atoms with Gasteiger partial charge in [-0.3, -0.25) is 4.79 Å². The summed E-state index contributed by atoms with van der Waals surface area (Å²) in [6, 6.07) is 10.9. The number of aromatic hydroxyl groups is 1. The van der Waals surface area contributed by atoms with Crippen molar-refractivity contribution >= 4 is 5.91 Å². The van der Waals surface area contributed by atoms with E-state index in [1.54, 1.807) is 24.3 Å². The Morgan fingerprint density at radius 3 is 2.40 bits per heavy atom. The minimum absolute atomic E-state index is 0.0419. The molecule has 5 nitrogen and oxygen atoms in total. The summed E-state index contributed by atoms with van der Waals surface area (Å²) in [5.41, 5.74) is 3.28. The Morgan fingerprint density at radius 2 is 1.77 bits per heavy atom. The lowest BCUT2D eigenvalue weighted by molar-refractivity contribution is -0.121. The van der Waals surface area contributed by atoms with Crippen molar-refractivity contribution in [3.05, 3.63) is 53.1 Å². The van der Waals surface area contributed by atoms with E-state index in [0.29, 0.717) is 31.7 Å². The minimum atomic E-state index is 0.0419. The molecule has 0 bridgehead atoms. The predicted molar refractivity (Wildman–Crippen MR) is 123 cm³/mol. The Morgan fingerprint density at radius 1 is 1.07 bits per heavy atom. The van der Waals surface area contributed by atoms with E-state index in [1.165, 1.54) is 0 Å². The highest BCUT2D eigenvalue weighted by Gasteiger charge is 2.11. The third kappa shape index (κ3) is 8.87. The number of hydrogen-bond acceptors (Lipinski definition) is 4. The van der Waals surface area contributed by atoms with Crippen LogP contribution in [0, 0.1) is 6.92 Å². The molecule has 2 aromatic carbocycles. The van der Waals surface area contributed by atoms with Crippen LogP contribution in [0.1, 0.15) is 57.2 Å². The molecule has 2 rings (SSSR count). The summed E-state index contributed by atoms with van der Waals surface area (Å²) in [4.78, 5) is 12.0. The van der Waals surface area contributed by atoms with Crippen molar-refractivity contribution in [2.24, 2.45) is 0 Å². The van der Waals surface area contributed by atoms with E-state index in [2.05, 4.69) is 31.3 Å². The third-order valence-electron chi connectivity index (χ3n) is 4.41. The molecular weight excluding hydrogens is 378 g/mol. The summed E-state index contributed by atoms with van der Waals surface area (Å²) in [5, 5.41) is 12.3. The van der Waals surface area contributed by atoms with Gasteiger partial charge in [0.1, 0.15) is 17.2 Å². The summed E-state index contributed by atoms with van der Waals surface area (Å²) >= 11 is 0. The zero-order valence-electron chi connectivity index (χ0n) is 19.1. The molecule has 1 amide bonds. The second-order valence-electron chi connectivity index (χ2n) is 6.81. The highest BCUT2D eigenvalue weighted by molar-refractivity contribution is 5.76. The average Bonchev–Trinajstić information content (AvgIpc) is 2.76. The fourth-order valence-electron chi connectivity index (χ4n) is 2.97. The minimum Gasteiger partial charge on any atom is -0.508 e. The quantitative estimate of drug-likeness (QED) is 0.472. The first-order chi connectivity index (χ1) is 14.5. The fraction of sp³-hybridized carbons (Fsp3) is 0.480. The van der Waals surface area contributed by atoms with Gasteiger partial charge in [-0.25, -0.2) is 0 Å². The first kappa shape index (κ1) is 25.5. The summed E-state index contributed by atoms with van der Waals surface area (Å²) in [6.07, 6.45) is 2.96. The van der Waals surface area contributed by atoms with Crippen molar-refractivity contribution in [1.29, 1.82) is 0 Å². The van der Waals surface area contributed by atoms with Gasteiger partial charge >= 0.3 is 0 Å². The second kappa shape index (κ2) is 14.5. The molecule has 2 aromatic rings. The lowest BCUT2D eigenvalue weighted by Crippen LogP contribution is -2.27. The van der Waals surface area contributed by atoms with E-state index in [4.69, 9.17) is 9.47 Å². The SMILES string of the molecule is CC.CCCOCCNC(=O)CCc1cc(C)c(Oc2ccc(O)cc2)c(CC)c1. The van der Waals surface area contributed by atoms with Gasteiger partial charge < -0.3 is 19.9 Å². The Labute approximate surface area is 181 Å². The number of phenols is 1. The zero-order chi connectivity index (χ0) is 22.4. The molecule has 0 spiro atoms. The Balaban J connectivity index is 0.00000218. The van der Waals surface area contributed by atoms with Crippen LogP contribution in [0.3, 0.4) is 0 Å². The van der Waals surface area contributed by atoms with E-state index in [0.717, 1.165) is 41.9 Å². The van der Waals surface area contributed by atoms with Crippen LogP contribution in [0.25, 0.3) is 0 Å². The van der Waals surface area contributed by atoms with Gasteiger partial charge in [0.15, 0.2) is 0 Å². The van der Waals surface area contributed by atoms with Crippen molar-refractivity contribution in [2.45, 2.75) is 60.3 Å². The maximum Gasteiger partial charge on any atom is 0.220 e. The Bertz CT molecular complexity index is 756. The van der Waals surface area contributed by atoms with Gasteiger partial charge in [-0.15, -0.1) is 0 Å². The Hall–Kier alpha value is -2.53. The van der Waals surface area contributed by atoms with Crippen molar-refractivity contribution in [2.75, 3.05) is 19.8 Å². The summed E-state index contributed by atoms with van der Waals surface area (Å²) < 4.78 is 11.4. The van der Waals surface area contributed by atoms with Crippen LogP contribution in [0.2, 0.25) is 0 Å². The van der Waals surface area contributed by atoms with Crippen molar-refractivity contribution < 1.29 is 19.4 Å². The van der Waals surface area contributed by atoms with Crippen LogP contribution < -0.4 is 10.1 Å². The first-order valence-corrected chi connectivity index (χ1v) is 11.0. The molecule has 0 radical (unpaired) electrons. The number of hydrogen-bond donors (Lipinski definition) is 2. The van der Waals surface area contributed by atoms with E-state index in [1.807, 2.05) is 20.8 Å². The molecule has 166 valence electrons. The lowest BCUT2D eigenvalue weighted by Gasteiger charge is -2.15. The molecular formula is C25H37NO4. The van der Waals surface area contributed by atoms with E-state index >= 15 is 0 Å². The van der Waals surface area contributed by atoms with Crippen LogP contribution in [-0.4, -0.2) is 30.8 Å². The van der Waals surface area contributed by atoms with Gasteiger partial charge in [0.05, 0.1) is 6.61 Å². The van der Waals surface area contributed by atoms with E-state index in [-0.39, 0.29) is 11.7 Å². The molecule has 0 aliphatic carbocycles. The van der Waals surface area contributed by atoms with Crippen LogP contribution in [0.5, 0.6) is 17.2 Å². The lowest BCUT2D eigenvalue weighted by atomic mass is 10.00. The van der Waals surface area contributed by atoms with Crippen molar-refractivity contribution in [1.82, 2.24) is 5.32 Å². The topological polar surface area (TPSA) is 67.8 Å². The molecule has 0 fully saturated rings. The predicted octanol–water partition coefficient (Wildman–Crippen LogP) is 5.56. The first-order valence-electron chi connectivity index (χ1n) is 11.0. The largest absolute Gasteiger partial charge is 0.508 e. The number of nitrogens with one attached hydrogen (secondary N) is 1. The van der Waals surface area contributed by atoms with Gasteiger partial charge in [-0.2, -0.15) is 0 Å². The second-order valence-corrected chi connectivity index (χ2v) is 6.81. The molecule has 0 atom stereocenters. The number of carbonyl (C=O) groups excluding carboxylic acids is 1. The number of amides is 1. The number of ether oxygens (including phenoxy) is 2. The number of phenolic OH excluding ortho intramolecular Hbond substituents is 1. The van der Waals surface area contributed by atoms with Gasteiger partial charge in [0, 0.05) is 19.6 Å². The number of carbonyl (C=O) groups is 1. The van der Waals surface area contributed by atoms with Crippen LogP contribution in [0.15, 0.2) is 36.4 Å². The molecule has 5 heteroatoms.